The highest BCUT2D eigenvalue weighted by molar-refractivity contribution is 5.99. The van der Waals surface area contributed by atoms with Gasteiger partial charge >= 0.3 is 12.0 Å². The Morgan fingerprint density at radius 1 is 1.11 bits per heavy atom. The van der Waals surface area contributed by atoms with E-state index in [4.69, 9.17) is 13.7 Å². The Kier molecular flexibility index (Phi) is 5.85. The maximum atomic E-state index is 12.4. The Morgan fingerprint density at radius 2 is 1.89 bits per heavy atom. The van der Waals surface area contributed by atoms with Crippen molar-refractivity contribution in [2.75, 3.05) is 6.61 Å². The zero-order valence-corrected chi connectivity index (χ0v) is 14.9. The minimum Gasteiger partial charge on any atom is -0.467 e. The van der Waals surface area contributed by atoms with Crippen molar-refractivity contribution < 1.29 is 28.1 Å². The summed E-state index contributed by atoms with van der Waals surface area (Å²) in [6, 6.07) is 11.6. The molecule has 28 heavy (non-hydrogen) atoms. The number of amides is 3. The molecule has 0 fully saturated rings. The number of hydrogen-bond acceptors (Lipinski definition) is 7. The van der Waals surface area contributed by atoms with Crippen LogP contribution in [-0.2, 0) is 16.1 Å². The average Bonchev–Trinajstić information content (AvgIpc) is 3.35. The van der Waals surface area contributed by atoms with E-state index in [0.717, 1.165) is 0 Å². The molecule has 9 nitrogen and oxygen atoms in total. The second-order valence-electron chi connectivity index (χ2n) is 5.71. The van der Waals surface area contributed by atoms with Crippen molar-refractivity contribution in [1.29, 1.82) is 0 Å². The maximum absolute atomic E-state index is 12.4. The third kappa shape index (κ3) is 4.64. The van der Waals surface area contributed by atoms with Crippen molar-refractivity contribution in [1.82, 2.24) is 15.8 Å². The lowest BCUT2D eigenvalue weighted by Crippen LogP contribution is -2.41. The number of aryl methyl sites for hydroxylation is 1. The number of nitrogens with one attached hydrogen (secondary N) is 2. The summed E-state index contributed by atoms with van der Waals surface area (Å²) < 4.78 is 15.1. The van der Waals surface area contributed by atoms with E-state index in [9.17, 15) is 14.4 Å². The predicted molar refractivity (Wildman–Crippen MR) is 96.0 cm³/mol. The van der Waals surface area contributed by atoms with Crippen LogP contribution in [0, 0.1) is 6.92 Å². The molecule has 0 bridgehead atoms. The molecule has 0 aliphatic rings. The smallest absolute Gasteiger partial charge is 0.344 e. The molecule has 0 radical (unpaired) electrons. The second-order valence-corrected chi connectivity index (χ2v) is 5.71. The van der Waals surface area contributed by atoms with Crippen LogP contribution in [-0.4, -0.2) is 29.7 Å². The van der Waals surface area contributed by atoms with E-state index >= 15 is 0 Å². The molecule has 3 aromatic rings. The highest BCUT2D eigenvalue weighted by atomic mass is 16.5. The van der Waals surface area contributed by atoms with Gasteiger partial charge in [0.05, 0.1) is 12.8 Å². The number of rotatable bonds is 6. The minimum atomic E-state index is -0.777. The molecule has 0 aliphatic heterocycles. The number of aromatic nitrogens is 1. The number of nitrogens with zero attached hydrogens (tertiary/aromatic N) is 1. The minimum absolute atomic E-state index is 0.117. The van der Waals surface area contributed by atoms with Gasteiger partial charge in [0, 0.05) is 5.56 Å². The van der Waals surface area contributed by atoms with Crippen LogP contribution in [0.2, 0.25) is 0 Å². The zero-order valence-electron chi connectivity index (χ0n) is 14.9. The number of carbonyl (C=O) groups excluding carboxylic acids is 3. The van der Waals surface area contributed by atoms with E-state index in [-0.39, 0.29) is 17.9 Å². The first-order chi connectivity index (χ1) is 13.5. The summed E-state index contributed by atoms with van der Waals surface area (Å²) in [4.78, 5) is 35.9. The summed E-state index contributed by atoms with van der Waals surface area (Å²) in [7, 11) is 0. The van der Waals surface area contributed by atoms with Gasteiger partial charge in [0.1, 0.15) is 22.8 Å². The Morgan fingerprint density at radius 3 is 2.61 bits per heavy atom. The maximum Gasteiger partial charge on any atom is 0.344 e. The van der Waals surface area contributed by atoms with Gasteiger partial charge < -0.3 is 19.0 Å². The van der Waals surface area contributed by atoms with Gasteiger partial charge in [-0.15, -0.1) is 0 Å². The third-order valence-corrected chi connectivity index (χ3v) is 3.70. The molecule has 2 N–H and O–H groups in total. The van der Waals surface area contributed by atoms with Gasteiger partial charge in [-0.25, -0.2) is 9.59 Å². The Labute approximate surface area is 159 Å². The van der Waals surface area contributed by atoms with Crippen molar-refractivity contribution in [3.8, 4) is 11.3 Å². The summed E-state index contributed by atoms with van der Waals surface area (Å²) in [5.41, 5.74) is 1.12. The first-order valence-corrected chi connectivity index (χ1v) is 8.33. The number of carbonyl (C=O) groups is 3. The van der Waals surface area contributed by atoms with Gasteiger partial charge in [0.2, 0.25) is 0 Å². The summed E-state index contributed by atoms with van der Waals surface area (Å²) in [5.74, 6) is -0.754. The van der Waals surface area contributed by atoms with Crippen molar-refractivity contribution in [3.05, 3.63) is 65.8 Å². The molecule has 0 unspecified atom stereocenters. The van der Waals surface area contributed by atoms with Gasteiger partial charge in [0.15, 0.2) is 6.61 Å². The number of imide groups is 1. The number of urea groups is 1. The largest absolute Gasteiger partial charge is 0.467 e. The first-order valence-electron chi connectivity index (χ1n) is 8.33. The number of furan rings is 1. The Bertz CT molecular complexity index is 963. The van der Waals surface area contributed by atoms with E-state index < -0.39 is 24.5 Å². The predicted octanol–water partition coefficient (Wildman–Crippen LogP) is 2.43. The molecule has 2 aromatic heterocycles. The van der Waals surface area contributed by atoms with Crippen LogP contribution >= 0.6 is 0 Å². The topological polar surface area (TPSA) is 124 Å². The van der Waals surface area contributed by atoms with Crippen molar-refractivity contribution >= 4 is 17.9 Å². The fourth-order valence-electron chi connectivity index (χ4n) is 2.40. The van der Waals surface area contributed by atoms with Gasteiger partial charge in [-0.1, -0.05) is 35.5 Å². The summed E-state index contributed by atoms with van der Waals surface area (Å²) in [6.07, 6.45) is 1.47. The standard InChI is InChI=1S/C19H17N3O6/c1-12-16(17(22-28-12)13-6-3-2-4-7-13)18(24)27-11-15(23)21-19(25)20-10-14-8-5-9-26-14/h2-9H,10-11H2,1H3,(H2,20,21,23,25). The molecule has 144 valence electrons. The number of hydrogen-bond donors (Lipinski definition) is 2. The van der Waals surface area contributed by atoms with Crippen LogP contribution in [0.4, 0.5) is 4.79 Å². The van der Waals surface area contributed by atoms with Gasteiger partial charge in [-0.05, 0) is 19.1 Å². The molecule has 0 atom stereocenters. The third-order valence-electron chi connectivity index (χ3n) is 3.70. The Hall–Kier alpha value is -3.88. The van der Waals surface area contributed by atoms with Crippen molar-refractivity contribution in [3.63, 3.8) is 0 Å². The molecule has 0 aliphatic carbocycles. The molecular weight excluding hydrogens is 366 g/mol. The second kappa shape index (κ2) is 8.67. The lowest BCUT2D eigenvalue weighted by molar-refractivity contribution is -0.123. The first kappa shape index (κ1) is 18.9. The van der Waals surface area contributed by atoms with Gasteiger partial charge in [-0.2, -0.15) is 0 Å². The average molecular weight is 383 g/mol. The molecule has 3 rings (SSSR count). The molecular formula is C19H17N3O6. The number of ether oxygens (including phenoxy) is 1. The van der Waals surface area contributed by atoms with Gasteiger partial charge in [-0.3, -0.25) is 10.1 Å². The quantitative estimate of drug-likeness (QED) is 0.627. The number of benzene rings is 1. The van der Waals surface area contributed by atoms with Crippen LogP contribution < -0.4 is 10.6 Å². The number of esters is 1. The molecule has 2 heterocycles. The van der Waals surface area contributed by atoms with Crippen molar-refractivity contribution in [2.45, 2.75) is 13.5 Å². The monoisotopic (exact) mass is 383 g/mol. The van der Waals surface area contributed by atoms with Gasteiger partial charge in [0.25, 0.3) is 5.91 Å². The molecule has 3 amide bonds. The Balaban J connectivity index is 1.53. The lowest BCUT2D eigenvalue weighted by atomic mass is 10.1. The fraction of sp³-hybridized carbons (Fsp3) is 0.158. The van der Waals surface area contributed by atoms with E-state index in [1.54, 1.807) is 43.3 Å². The van der Waals surface area contributed by atoms with E-state index in [2.05, 4.69) is 15.8 Å². The van der Waals surface area contributed by atoms with Crippen LogP contribution in [0.15, 0.2) is 57.7 Å². The highest BCUT2D eigenvalue weighted by Gasteiger charge is 2.23. The van der Waals surface area contributed by atoms with Crippen molar-refractivity contribution in [2.24, 2.45) is 0 Å². The van der Waals surface area contributed by atoms with Crippen LogP contribution in [0.25, 0.3) is 11.3 Å². The molecule has 0 saturated heterocycles. The van der Waals surface area contributed by atoms with Crippen LogP contribution in [0.1, 0.15) is 21.9 Å². The fourth-order valence-corrected chi connectivity index (χ4v) is 2.40. The normalized spacial score (nSPS) is 10.3. The van der Waals surface area contributed by atoms with E-state index in [1.807, 2.05) is 6.07 Å². The van der Waals surface area contributed by atoms with Crippen LogP contribution in [0.5, 0.6) is 0 Å². The van der Waals surface area contributed by atoms with E-state index in [1.165, 1.54) is 6.26 Å². The summed E-state index contributed by atoms with van der Waals surface area (Å²) in [5, 5.41) is 8.38. The SMILES string of the molecule is Cc1onc(-c2ccccc2)c1C(=O)OCC(=O)NC(=O)NCc1ccco1. The molecule has 1 aromatic carbocycles. The summed E-state index contributed by atoms with van der Waals surface area (Å²) >= 11 is 0. The summed E-state index contributed by atoms with van der Waals surface area (Å²) in [6.45, 7) is 1.05. The van der Waals surface area contributed by atoms with E-state index in [0.29, 0.717) is 17.0 Å². The zero-order chi connectivity index (χ0) is 19.9. The lowest BCUT2D eigenvalue weighted by Gasteiger charge is -2.07. The molecule has 0 saturated carbocycles. The van der Waals surface area contributed by atoms with Crippen LogP contribution in [0.3, 0.4) is 0 Å². The molecule has 9 heteroatoms. The molecule has 0 spiro atoms. The highest BCUT2D eigenvalue weighted by Crippen LogP contribution is 2.25.